The predicted molar refractivity (Wildman–Crippen MR) is 101 cm³/mol. The Hall–Kier alpha value is 0.242. The first-order valence-electron chi connectivity index (χ1n) is 7.81. The Balaban J connectivity index is 0. The maximum absolute atomic E-state index is 2.24. The second-order valence-corrected chi connectivity index (χ2v) is 7.25. The van der Waals surface area contributed by atoms with Gasteiger partial charge in [-0.1, -0.05) is 68.5 Å². The summed E-state index contributed by atoms with van der Waals surface area (Å²) in [4.78, 5) is 0. The minimum absolute atomic E-state index is 0. The molecule has 0 N–H and O–H groups in total. The summed E-state index contributed by atoms with van der Waals surface area (Å²) in [5.41, 5.74) is 11.5. The maximum Gasteiger partial charge on any atom is 2.00 e. The van der Waals surface area contributed by atoms with Gasteiger partial charge in [-0.25, -0.2) is 0 Å². The quantitative estimate of drug-likeness (QED) is 0.297. The van der Waals surface area contributed by atoms with Crippen molar-refractivity contribution in [3.8, 4) is 0 Å². The summed E-state index contributed by atoms with van der Waals surface area (Å²) in [5.74, 6) is 0. The number of hydrogen-bond donors (Lipinski definition) is 0. The minimum atomic E-state index is 0. The van der Waals surface area contributed by atoms with Crippen molar-refractivity contribution < 1.29 is 39.9 Å². The fourth-order valence-electron chi connectivity index (χ4n) is 2.27. The van der Waals surface area contributed by atoms with Gasteiger partial charge in [-0.3, -0.25) is 0 Å². The second kappa shape index (κ2) is 11.7. The molecular formula is C20H33SiTh. The zero-order chi connectivity index (χ0) is 16.7. The molecule has 0 aromatic heterocycles. The summed E-state index contributed by atoms with van der Waals surface area (Å²) < 4.78 is 0. The van der Waals surface area contributed by atoms with Crippen LogP contribution in [0.2, 0.25) is 13.1 Å². The van der Waals surface area contributed by atoms with Gasteiger partial charge in [-0.05, 0) is 0 Å². The molecule has 0 saturated heterocycles. The summed E-state index contributed by atoms with van der Waals surface area (Å²) in [6.07, 6.45) is 0. The van der Waals surface area contributed by atoms with Gasteiger partial charge < -0.3 is 0 Å². The second-order valence-electron chi connectivity index (χ2n) is 6.10. The molecule has 0 heterocycles. The molecule has 0 aliphatic rings. The van der Waals surface area contributed by atoms with Crippen molar-refractivity contribution in [2.75, 3.05) is 0 Å². The molecule has 0 aliphatic carbocycles. The van der Waals surface area contributed by atoms with E-state index in [9.17, 15) is 0 Å². The van der Waals surface area contributed by atoms with Gasteiger partial charge in [0.2, 0.25) is 0 Å². The van der Waals surface area contributed by atoms with Gasteiger partial charge in [0.05, 0.1) is 0 Å². The molecule has 0 nitrogen and oxygen atoms in total. The van der Waals surface area contributed by atoms with Gasteiger partial charge >= 0.3 is 39.9 Å². The molecule has 0 unspecified atom stereocenters. The van der Waals surface area contributed by atoms with Crippen LogP contribution in [-0.4, -0.2) is 9.52 Å². The van der Waals surface area contributed by atoms with E-state index in [2.05, 4.69) is 80.6 Å². The molecule has 121 valence electrons. The average molecular weight is 534 g/mol. The molecule has 0 bridgehead atoms. The molecule has 0 amide bonds. The van der Waals surface area contributed by atoms with Crippen LogP contribution in [0, 0.1) is 95.3 Å². The Labute approximate surface area is 173 Å². The summed E-state index contributed by atoms with van der Waals surface area (Å²) >= 11 is 0. The number of aryl methyl sites for hydroxylation is 4. The zero-order valence-corrected chi connectivity index (χ0v) is 21.5. The molecule has 0 saturated carbocycles. The Bertz CT molecular complexity index is 464. The van der Waals surface area contributed by atoms with E-state index >= 15 is 0 Å². The van der Waals surface area contributed by atoms with Crippen molar-refractivity contribution in [3.63, 3.8) is 0 Å². The molecule has 22 heavy (non-hydrogen) atoms. The van der Waals surface area contributed by atoms with Gasteiger partial charge in [0.25, 0.3) is 0 Å². The van der Waals surface area contributed by atoms with E-state index < -0.39 is 0 Å². The van der Waals surface area contributed by atoms with E-state index in [4.69, 9.17) is 0 Å². The third kappa shape index (κ3) is 7.21. The third-order valence-electron chi connectivity index (χ3n) is 4.36. The van der Waals surface area contributed by atoms with Crippen LogP contribution >= 0.6 is 0 Å². The summed E-state index contributed by atoms with van der Waals surface area (Å²) in [5, 5.41) is 0. The van der Waals surface area contributed by atoms with E-state index in [1.165, 1.54) is 44.5 Å². The van der Waals surface area contributed by atoms with Crippen molar-refractivity contribution in [2.24, 2.45) is 0 Å². The topological polar surface area (TPSA) is 0 Å². The van der Waals surface area contributed by atoms with Crippen molar-refractivity contribution in [1.82, 2.24) is 0 Å². The van der Waals surface area contributed by atoms with Gasteiger partial charge in [0.15, 0.2) is 0 Å². The predicted octanol–water partition coefficient (Wildman–Crippen LogP) is 5.80. The molecular weight excluding hydrogens is 500 g/mol. The van der Waals surface area contributed by atoms with E-state index in [1.54, 1.807) is 0 Å². The smallest absolute Gasteiger partial charge is 0.199 e. The van der Waals surface area contributed by atoms with Crippen LogP contribution in [0.25, 0.3) is 0 Å². The normalized spacial score (nSPS) is 9.18. The Morgan fingerprint density at radius 2 is 0.909 bits per heavy atom. The zero-order valence-electron chi connectivity index (χ0n) is 16.2. The fraction of sp³-hybridized carbons (Fsp3) is 0.500. The number of hydrogen-bond acceptors (Lipinski definition) is 0. The van der Waals surface area contributed by atoms with E-state index in [-0.39, 0.29) is 39.9 Å². The minimum Gasteiger partial charge on any atom is -0.199 e. The van der Waals surface area contributed by atoms with Gasteiger partial charge in [0.1, 0.15) is 0 Å². The summed E-state index contributed by atoms with van der Waals surface area (Å²) in [6, 6.07) is 4.48. The van der Waals surface area contributed by atoms with E-state index in [1.807, 2.05) is 0 Å². The maximum atomic E-state index is 2.24. The molecule has 1 radical (unpaired) electrons. The van der Waals surface area contributed by atoms with Crippen LogP contribution in [0.4, 0.5) is 0 Å². The first-order valence-corrected chi connectivity index (χ1v) is 10.1. The fourth-order valence-corrected chi connectivity index (χ4v) is 2.27. The number of rotatable bonds is 0. The Kier molecular flexibility index (Phi) is 13.1. The van der Waals surface area contributed by atoms with Crippen molar-refractivity contribution in [3.05, 3.63) is 56.6 Å². The Morgan fingerprint density at radius 1 is 0.682 bits per heavy atom. The van der Waals surface area contributed by atoms with Gasteiger partial charge in [0, 0.05) is 9.52 Å². The summed E-state index contributed by atoms with van der Waals surface area (Å²) in [6.45, 7) is 21.8. The monoisotopic (exact) mass is 533 g/mol. The molecule has 0 spiro atoms. The van der Waals surface area contributed by atoms with E-state index in [0.29, 0.717) is 0 Å². The SMILES string of the molecule is C[SiH]C.Cc1c[c-](C)c(C)c1C.Cc1c[c-](C)c(C)c1C.[Th+2]. The standard InChI is InChI=1S/2C9H13.C2H7Si.Th/c2*1-6-5-7(2)9(4)8(6)3;1-3-2;/h2*5H,1-4H3;3H,1-2H3;/q2*-1;;+2. The summed E-state index contributed by atoms with van der Waals surface area (Å²) in [7, 11) is 0.750. The van der Waals surface area contributed by atoms with Crippen LogP contribution in [0.1, 0.15) is 44.5 Å². The van der Waals surface area contributed by atoms with Gasteiger partial charge in [-0.15, -0.1) is 0 Å². The van der Waals surface area contributed by atoms with Crippen LogP contribution in [0.15, 0.2) is 12.1 Å². The van der Waals surface area contributed by atoms with Crippen LogP contribution in [0.3, 0.4) is 0 Å². The average Bonchev–Trinajstić information content (AvgIpc) is 2.77. The van der Waals surface area contributed by atoms with Crippen LogP contribution < -0.4 is 0 Å². The Morgan fingerprint density at radius 3 is 0.955 bits per heavy atom. The van der Waals surface area contributed by atoms with Crippen LogP contribution in [0.5, 0.6) is 0 Å². The largest absolute Gasteiger partial charge is 2.00 e. The molecule has 2 rings (SSSR count). The van der Waals surface area contributed by atoms with Crippen LogP contribution in [-0.2, 0) is 0 Å². The molecule has 2 aromatic rings. The van der Waals surface area contributed by atoms with Crippen molar-refractivity contribution >= 4 is 9.52 Å². The van der Waals surface area contributed by atoms with Crippen molar-refractivity contribution in [1.29, 1.82) is 0 Å². The molecule has 0 aliphatic heterocycles. The first-order chi connectivity index (χ1) is 9.67. The van der Waals surface area contributed by atoms with Gasteiger partial charge in [-0.2, -0.15) is 56.6 Å². The van der Waals surface area contributed by atoms with E-state index in [0.717, 1.165) is 9.52 Å². The molecule has 2 heteroatoms. The molecule has 0 fully saturated rings. The van der Waals surface area contributed by atoms with Crippen molar-refractivity contribution in [2.45, 2.75) is 68.5 Å². The third-order valence-corrected chi connectivity index (χ3v) is 4.36. The first kappa shape index (κ1) is 24.5. The molecule has 2 aromatic carbocycles. The molecule has 0 atom stereocenters.